The van der Waals surface area contributed by atoms with Crippen molar-refractivity contribution in [3.8, 4) is 11.8 Å². The van der Waals surface area contributed by atoms with E-state index in [0.29, 0.717) is 11.1 Å². The van der Waals surface area contributed by atoms with Crippen LogP contribution in [-0.4, -0.2) is 63.9 Å². The van der Waals surface area contributed by atoms with Crippen molar-refractivity contribution in [2.75, 3.05) is 14.1 Å². The van der Waals surface area contributed by atoms with Crippen LogP contribution in [0.3, 0.4) is 0 Å². The molecule has 1 aromatic rings. The van der Waals surface area contributed by atoms with Crippen LogP contribution in [0.2, 0.25) is 0 Å². The molecule has 1 aromatic carbocycles. The highest BCUT2D eigenvalue weighted by atomic mass is 16.6. The van der Waals surface area contributed by atoms with Crippen molar-refractivity contribution in [3.05, 3.63) is 51.2 Å². The molecule has 3 atom stereocenters. The zero-order chi connectivity index (χ0) is 22.9. The summed E-state index contributed by atoms with van der Waals surface area (Å²) < 4.78 is 5.31. The smallest absolute Gasteiger partial charge is 0.356 e. The summed E-state index contributed by atoms with van der Waals surface area (Å²) in [7, 11) is 3.08. The highest BCUT2D eigenvalue weighted by Gasteiger charge is 2.56. The fraction of sp³-hybridized carbons (Fsp3) is 0.381. The number of esters is 1. The molecule has 1 N–H and O–H groups in total. The number of fused-ring (bicyclic) bond motifs is 1. The molecule has 2 aliphatic heterocycles. The summed E-state index contributed by atoms with van der Waals surface area (Å²) in [5.41, 5.74) is 0.703. The normalized spacial score (nSPS) is 20.3. The predicted octanol–water partition coefficient (Wildman–Crippen LogP) is 0.595. The molecular formula is C21H21N3O7. The van der Waals surface area contributed by atoms with Gasteiger partial charge in [0.15, 0.2) is 0 Å². The lowest BCUT2D eigenvalue weighted by molar-refractivity contribution is -0.384. The van der Waals surface area contributed by atoms with Crippen molar-refractivity contribution in [2.45, 2.75) is 32.1 Å². The molecule has 0 spiro atoms. The van der Waals surface area contributed by atoms with Crippen molar-refractivity contribution in [1.29, 1.82) is 0 Å². The second-order valence-corrected chi connectivity index (χ2v) is 7.52. The molecule has 10 heteroatoms. The first-order chi connectivity index (χ1) is 14.6. The van der Waals surface area contributed by atoms with E-state index in [9.17, 15) is 29.6 Å². The average Bonchev–Trinajstić information content (AvgIpc) is 3.04. The van der Waals surface area contributed by atoms with Crippen LogP contribution in [-0.2, 0) is 25.7 Å². The topological polar surface area (TPSA) is 130 Å². The van der Waals surface area contributed by atoms with Gasteiger partial charge in [0.2, 0.25) is 5.91 Å². The Morgan fingerprint density at radius 3 is 2.55 bits per heavy atom. The van der Waals surface area contributed by atoms with Gasteiger partial charge >= 0.3 is 5.97 Å². The largest absolute Gasteiger partial charge is 0.456 e. The van der Waals surface area contributed by atoms with Gasteiger partial charge in [-0.2, -0.15) is 0 Å². The van der Waals surface area contributed by atoms with Crippen LogP contribution in [0.1, 0.15) is 18.9 Å². The molecule has 2 aliphatic rings. The summed E-state index contributed by atoms with van der Waals surface area (Å²) in [6.45, 7) is 1.34. The van der Waals surface area contributed by atoms with E-state index in [1.165, 1.54) is 41.0 Å². The summed E-state index contributed by atoms with van der Waals surface area (Å²) in [5.74, 6) is 2.81. The maximum absolute atomic E-state index is 12.8. The molecule has 1 saturated heterocycles. The number of aliphatic hydroxyl groups excluding tert-OH is 1. The Balaban J connectivity index is 1.81. The first kappa shape index (κ1) is 22.0. The number of nitro groups is 1. The maximum atomic E-state index is 12.8. The van der Waals surface area contributed by atoms with Gasteiger partial charge in [0, 0.05) is 44.1 Å². The van der Waals surface area contributed by atoms with E-state index < -0.39 is 40.8 Å². The molecule has 0 unspecified atom stereocenters. The molecular weight excluding hydrogens is 406 g/mol. The SMILES string of the molecule is C[C@@H](O)[C@H]1C(=O)N2C(C(=O)OCc3ccc([N+](=O)[O-])cc3)=C(C#CC(=O)N(C)C)C[C@H]12. The number of amides is 2. The monoisotopic (exact) mass is 427 g/mol. The van der Waals surface area contributed by atoms with Gasteiger partial charge in [-0.15, -0.1) is 0 Å². The van der Waals surface area contributed by atoms with E-state index >= 15 is 0 Å². The molecule has 2 heterocycles. The highest BCUT2D eigenvalue weighted by molar-refractivity contribution is 6.02. The Kier molecular flexibility index (Phi) is 6.08. The summed E-state index contributed by atoms with van der Waals surface area (Å²) >= 11 is 0. The molecule has 0 bridgehead atoms. The second-order valence-electron chi connectivity index (χ2n) is 7.52. The number of ether oxygens (including phenoxy) is 1. The maximum Gasteiger partial charge on any atom is 0.356 e. The fourth-order valence-electron chi connectivity index (χ4n) is 3.54. The van der Waals surface area contributed by atoms with Crippen molar-refractivity contribution in [1.82, 2.24) is 9.80 Å². The van der Waals surface area contributed by atoms with Crippen LogP contribution in [0.15, 0.2) is 35.5 Å². The lowest BCUT2D eigenvalue weighted by atomic mass is 9.83. The van der Waals surface area contributed by atoms with E-state index in [4.69, 9.17) is 4.74 Å². The number of non-ortho nitro benzene ring substituents is 1. The Hall–Kier alpha value is -3.71. The number of hydrogen-bond acceptors (Lipinski definition) is 7. The minimum atomic E-state index is -0.887. The van der Waals surface area contributed by atoms with E-state index in [-0.39, 0.29) is 24.4 Å². The van der Waals surface area contributed by atoms with Gasteiger partial charge in [-0.05, 0) is 24.6 Å². The number of nitro benzene ring substituents is 1. The molecule has 0 aliphatic carbocycles. The number of benzene rings is 1. The third kappa shape index (κ3) is 4.27. The van der Waals surface area contributed by atoms with Gasteiger partial charge in [-0.1, -0.05) is 5.92 Å². The lowest BCUT2D eigenvalue weighted by Gasteiger charge is -2.44. The number of rotatable bonds is 5. The first-order valence-electron chi connectivity index (χ1n) is 9.49. The van der Waals surface area contributed by atoms with Crippen molar-refractivity contribution >= 4 is 23.5 Å². The molecule has 162 valence electrons. The predicted molar refractivity (Wildman–Crippen MR) is 107 cm³/mol. The molecule has 0 saturated carbocycles. The van der Waals surface area contributed by atoms with Gasteiger partial charge in [0.1, 0.15) is 12.3 Å². The van der Waals surface area contributed by atoms with Gasteiger partial charge < -0.3 is 19.6 Å². The zero-order valence-electron chi connectivity index (χ0n) is 17.2. The van der Waals surface area contributed by atoms with Crippen molar-refractivity contribution in [2.24, 2.45) is 5.92 Å². The van der Waals surface area contributed by atoms with Crippen molar-refractivity contribution in [3.63, 3.8) is 0 Å². The third-order valence-corrected chi connectivity index (χ3v) is 5.17. The van der Waals surface area contributed by atoms with E-state index in [1.54, 1.807) is 14.1 Å². The number of nitrogens with zero attached hydrogens (tertiary/aromatic N) is 3. The second kappa shape index (κ2) is 8.57. The Morgan fingerprint density at radius 2 is 2.00 bits per heavy atom. The molecule has 31 heavy (non-hydrogen) atoms. The van der Waals surface area contributed by atoms with Crippen LogP contribution < -0.4 is 0 Å². The zero-order valence-corrected chi connectivity index (χ0v) is 17.2. The molecule has 2 amide bonds. The summed E-state index contributed by atoms with van der Waals surface area (Å²) in [4.78, 5) is 49.9. The summed E-state index contributed by atoms with van der Waals surface area (Å²) in [6.07, 6.45) is -0.654. The Morgan fingerprint density at radius 1 is 1.35 bits per heavy atom. The summed E-state index contributed by atoms with van der Waals surface area (Å²) in [5, 5.41) is 20.6. The highest BCUT2D eigenvalue weighted by Crippen LogP contribution is 2.43. The molecule has 3 rings (SSSR count). The minimum absolute atomic E-state index is 0.0344. The van der Waals surface area contributed by atoms with Crippen LogP contribution in [0.25, 0.3) is 0 Å². The minimum Gasteiger partial charge on any atom is -0.456 e. The van der Waals surface area contributed by atoms with Crippen LogP contribution in [0.4, 0.5) is 5.69 Å². The number of hydrogen-bond donors (Lipinski definition) is 1. The lowest BCUT2D eigenvalue weighted by Crippen LogP contribution is -2.61. The first-order valence-corrected chi connectivity index (χ1v) is 9.49. The average molecular weight is 427 g/mol. The third-order valence-electron chi connectivity index (χ3n) is 5.17. The molecule has 0 radical (unpaired) electrons. The number of aliphatic hydroxyl groups is 1. The van der Waals surface area contributed by atoms with Crippen LogP contribution >= 0.6 is 0 Å². The summed E-state index contributed by atoms with van der Waals surface area (Å²) in [6, 6.07) is 5.10. The Labute approximate surface area is 178 Å². The van der Waals surface area contributed by atoms with E-state index in [2.05, 4.69) is 11.8 Å². The number of β-lactam (4-membered cyclic amide) rings is 1. The van der Waals surface area contributed by atoms with Gasteiger partial charge in [-0.3, -0.25) is 19.7 Å². The number of carbonyl (C=O) groups is 3. The van der Waals surface area contributed by atoms with Crippen molar-refractivity contribution < 1.29 is 29.2 Å². The van der Waals surface area contributed by atoms with Crippen LogP contribution in [0, 0.1) is 27.9 Å². The number of carbonyl (C=O) groups excluding carboxylic acids is 3. The molecule has 1 fully saturated rings. The van der Waals surface area contributed by atoms with Gasteiger partial charge in [0.25, 0.3) is 11.6 Å². The van der Waals surface area contributed by atoms with E-state index in [1.807, 2.05) is 0 Å². The van der Waals surface area contributed by atoms with Gasteiger partial charge in [-0.25, -0.2) is 4.79 Å². The molecule has 10 nitrogen and oxygen atoms in total. The Bertz CT molecular complexity index is 1030. The standard InChI is InChI=1S/C21H21N3O7/c1-12(25)18-16-10-14(6-9-17(26)22(2)3)19(23(16)20(18)27)21(28)31-11-13-4-7-15(8-5-13)24(29)30/h4-5,7-8,12,16,18,25H,10-11H2,1-3H3/t12-,16-,18-/m1/s1. The molecule has 0 aromatic heterocycles. The fourth-order valence-corrected chi connectivity index (χ4v) is 3.54. The quantitative estimate of drug-likeness (QED) is 0.239. The van der Waals surface area contributed by atoms with Gasteiger partial charge in [0.05, 0.1) is 23.0 Å². The van der Waals surface area contributed by atoms with E-state index in [0.717, 1.165) is 0 Å². The van der Waals surface area contributed by atoms with Crippen LogP contribution in [0.5, 0.6) is 0 Å².